The van der Waals surface area contributed by atoms with Gasteiger partial charge in [0.15, 0.2) is 0 Å². The molecule has 0 saturated heterocycles. The Morgan fingerprint density at radius 3 is 2.82 bits per heavy atom. The third kappa shape index (κ3) is 5.80. The van der Waals surface area contributed by atoms with Crippen LogP contribution in [0.15, 0.2) is 18.2 Å². The van der Waals surface area contributed by atoms with E-state index in [9.17, 15) is 4.39 Å². The highest BCUT2D eigenvalue weighted by Gasteiger charge is 1.99. The fourth-order valence-electron chi connectivity index (χ4n) is 1.73. The fourth-order valence-corrected chi connectivity index (χ4v) is 1.73. The Bertz CT molecular complexity index is 328. The molecule has 0 unspecified atom stereocenters. The molecule has 1 aromatic carbocycles. The predicted molar refractivity (Wildman–Crippen MR) is 68.6 cm³/mol. The molecule has 1 N–H and O–H groups in total. The third-order valence-corrected chi connectivity index (χ3v) is 2.83. The van der Waals surface area contributed by atoms with E-state index in [1.807, 2.05) is 13.0 Å². The van der Waals surface area contributed by atoms with Gasteiger partial charge in [0.05, 0.1) is 0 Å². The molecule has 0 spiro atoms. The number of hydrogen-bond acceptors (Lipinski definition) is 2. The van der Waals surface area contributed by atoms with Gasteiger partial charge < -0.3 is 10.1 Å². The highest BCUT2D eigenvalue weighted by atomic mass is 19.1. The van der Waals surface area contributed by atoms with E-state index in [1.54, 1.807) is 13.2 Å². The van der Waals surface area contributed by atoms with Crippen molar-refractivity contribution < 1.29 is 9.13 Å². The normalized spacial score (nSPS) is 10.8. The van der Waals surface area contributed by atoms with Crippen LogP contribution in [0.1, 0.15) is 30.4 Å². The minimum absolute atomic E-state index is 0.160. The zero-order chi connectivity index (χ0) is 12.5. The quantitative estimate of drug-likeness (QED) is 0.704. The van der Waals surface area contributed by atoms with Gasteiger partial charge in [0, 0.05) is 20.3 Å². The van der Waals surface area contributed by atoms with Crippen LogP contribution in [0, 0.1) is 12.7 Å². The van der Waals surface area contributed by atoms with Crippen LogP contribution < -0.4 is 5.32 Å². The summed E-state index contributed by atoms with van der Waals surface area (Å²) in [6, 6.07) is 4.93. The van der Waals surface area contributed by atoms with Gasteiger partial charge in [-0.05, 0) is 56.0 Å². The van der Waals surface area contributed by atoms with E-state index in [0.717, 1.165) is 43.7 Å². The minimum atomic E-state index is -0.160. The van der Waals surface area contributed by atoms with E-state index in [-0.39, 0.29) is 5.82 Å². The van der Waals surface area contributed by atoms with Gasteiger partial charge in [-0.25, -0.2) is 4.39 Å². The molecule has 0 heterocycles. The summed E-state index contributed by atoms with van der Waals surface area (Å²) in [6.07, 6.45) is 3.41. The maximum atomic E-state index is 13.0. The topological polar surface area (TPSA) is 21.3 Å². The molecule has 3 heteroatoms. The highest BCUT2D eigenvalue weighted by Crippen LogP contribution is 2.09. The lowest BCUT2D eigenvalue weighted by atomic mass is 10.1. The van der Waals surface area contributed by atoms with Crippen LogP contribution >= 0.6 is 0 Å². The first-order chi connectivity index (χ1) is 8.24. The van der Waals surface area contributed by atoms with E-state index in [4.69, 9.17) is 4.74 Å². The summed E-state index contributed by atoms with van der Waals surface area (Å²) in [5.41, 5.74) is 2.18. The molecule has 0 amide bonds. The van der Waals surface area contributed by atoms with Crippen LogP contribution in [-0.2, 0) is 11.3 Å². The molecule has 1 rings (SSSR count). The molecule has 2 nitrogen and oxygen atoms in total. The molecule has 0 aliphatic rings. The van der Waals surface area contributed by atoms with Crippen molar-refractivity contribution in [3.63, 3.8) is 0 Å². The molecule has 0 atom stereocenters. The molecular weight excluding hydrogens is 217 g/mol. The summed E-state index contributed by atoms with van der Waals surface area (Å²) in [6.45, 7) is 4.56. The van der Waals surface area contributed by atoms with Crippen molar-refractivity contribution in [1.82, 2.24) is 5.32 Å². The van der Waals surface area contributed by atoms with Crippen LogP contribution in [-0.4, -0.2) is 20.3 Å². The van der Waals surface area contributed by atoms with Crippen molar-refractivity contribution in [1.29, 1.82) is 0 Å². The van der Waals surface area contributed by atoms with Gasteiger partial charge in [-0.2, -0.15) is 0 Å². The van der Waals surface area contributed by atoms with Gasteiger partial charge in [0.25, 0.3) is 0 Å². The lowest BCUT2D eigenvalue weighted by Crippen LogP contribution is -2.15. The van der Waals surface area contributed by atoms with Gasteiger partial charge >= 0.3 is 0 Å². The first-order valence-corrected chi connectivity index (χ1v) is 6.18. The Balaban J connectivity index is 2.15. The smallest absolute Gasteiger partial charge is 0.123 e. The van der Waals surface area contributed by atoms with Gasteiger partial charge in [-0.15, -0.1) is 0 Å². The monoisotopic (exact) mass is 239 g/mol. The van der Waals surface area contributed by atoms with Crippen LogP contribution in [0.4, 0.5) is 4.39 Å². The predicted octanol–water partition coefficient (Wildman–Crippen LogP) is 3.04. The number of halogens is 1. The number of ether oxygens (including phenoxy) is 1. The van der Waals surface area contributed by atoms with Gasteiger partial charge in [-0.3, -0.25) is 0 Å². The molecule has 0 aliphatic heterocycles. The number of hydrogen-bond donors (Lipinski definition) is 1. The second-order valence-corrected chi connectivity index (χ2v) is 4.30. The van der Waals surface area contributed by atoms with Crippen molar-refractivity contribution in [2.45, 2.75) is 32.7 Å². The number of nitrogens with one attached hydrogen (secondary N) is 1. The Hall–Kier alpha value is -0.930. The standard InChI is InChI=1S/C14H22FNO/c1-12-6-7-14(15)10-13(12)11-16-8-4-3-5-9-17-2/h6-7,10,16H,3-5,8-9,11H2,1-2H3. The third-order valence-electron chi connectivity index (χ3n) is 2.83. The highest BCUT2D eigenvalue weighted by molar-refractivity contribution is 5.26. The van der Waals surface area contributed by atoms with E-state index < -0.39 is 0 Å². The molecule has 0 fully saturated rings. The summed E-state index contributed by atoms with van der Waals surface area (Å²) in [7, 11) is 1.73. The zero-order valence-electron chi connectivity index (χ0n) is 10.8. The van der Waals surface area contributed by atoms with Crippen molar-refractivity contribution in [2.24, 2.45) is 0 Å². The largest absolute Gasteiger partial charge is 0.385 e. The number of methoxy groups -OCH3 is 1. The van der Waals surface area contributed by atoms with Crippen molar-refractivity contribution in [3.05, 3.63) is 35.1 Å². The second kappa shape index (κ2) is 8.20. The Morgan fingerprint density at radius 2 is 2.06 bits per heavy atom. The molecular formula is C14H22FNO. The van der Waals surface area contributed by atoms with E-state index >= 15 is 0 Å². The molecule has 0 aliphatic carbocycles. The first kappa shape index (κ1) is 14.1. The summed E-state index contributed by atoms with van der Waals surface area (Å²) in [5, 5.41) is 3.34. The number of aryl methyl sites for hydroxylation is 1. The number of benzene rings is 1. The summed E-state index contributed by atoms with van der Waals surface area (Å²) in [4.78, 5) is 0. The average molecular weight is 239 g/mol. The van der Waals surface area contributed by atoms with Crippen molar-refractivity contribution in [3.8, 4) is 0 Å². The Labute approximate surface area is 103 Å². The molecule has 0 radical (unpaired) electrons. The second-order valence-electron chi connectivity index (χ2n) is 4.30. The molecule has 0 aromatic heterocycles. The van der Waals surface area contributed by atoms with Crippen LogP contribution in [0.2, 0.25) is 0 Å². The van der Waals surface area contributed by atoms with Gasteiger partial charge in [0.2, 0.25) is 0 Å². The summed E-state index contributed by atoms with van der Waals surface area (Å²) < 4.78 is 18.0. The van der Waals surface area contributed by atoms with Gasteiger partial charge in [0.1, 0.15) is 5.82 Å². The van der Waals surface area contributed by atoms with Crippen molar-refractivity contribution >= 4 is 0 Å². The molecule has 0 saturated carbocycles. The number of unbranched alkanes of at least 4 members (excludes halogenated alkanes) is 2. The minimum Gasteiger partial charge on any atom is -0.385 e. The maximum Gasteiger partial charge on any atom is 0.123 e. The van der Waals surface area contributed by atoms with Crippen LogP contribution in [0.25, 0.3) is 0 Å². The molecule has 0 bridgehead atoms. The van der Waals surface area contributed by atoms with E-state index in [0.29, 0.717) is 0 Å². The lowest BCUT2D eigenvalue weighted by molar-refractivity contribution is 0.192. The molecule has 17 heavy (non-hydrogen) atoms. The summed E-state index contributed by atoms with van der Waals surface area (Å²) in [5.74, 6) is -0.160. The Morgan fingerprint density at radius 1 is 1.24 bits per heavy atom. The SMILES string of the molecule is COCCCCCNCc1cc(F)ccc1C. The maximum absolute atomic E-state index is 13.0. The summed E-state index contributed by atoms with van der Waals surface area (Å²) >= 11 is 0. The van der Waals surface area contributed by atoms with E-state index in [2.05, 4.69) is 5.32 Å². The van der Waals surface area contributed by atoms with Crippen LogP contribution in [0.5, 0.6) is 0 Å². The number of rotatable bonds is 8. The average Bonchev–Trinajstić information content (AvgIpc) is 2.32. The Kier molecular flexibility index (Phi) is 6.82. The first-order valence-electron chi connectivity index (χ1n) is 6.18. The molecule has 1 aromatic rings. The van der Waals surface area contributed by atoms with Crippen LogP contribution in [0.3, 0.4) is 0 Å². The van der Waals surface area contributed by atoms with Gasteiger partial charge in [-0.1, -0.05) is 6.07 Å². The zero-order valence-corrected chi connectivity index (χ0v) is 10.8. The lowest BCUT2D eigenvalue weighted by Gasteiger charge is -2.08. The molecule has 96 valence electrons. The van der Waals surface area contributed by atoms with Crippen molar-refractivity contribution in [2.75, 3.05) is 20.3 Å². The fraction of sp³-hybridized carbons (Fsp3) is 0.571. The van der Waals surface area contributed by atoms with E-state index in [1.165, 1.54) is 12.5 Å².